The van der Waals surface area contributed by atoms with E-state index in [1.54, 1.807) is 13.0 Å². The van der Waals surface area contributed by atoms with Gasteiger partial charge in [0.05, 0.1) is 0 Å². The Bertz CT molecular complexity index is 366. The topological polar surface area (TPSA) is 55.1 Å². The largest absolute Gasteiger partial charge is 0.294 e. The molecule has 0 bridgehead atoms. The highest BCUT2D eigenvalue weighted by atomic mass is 19.1. The van der Waals surface area contributed by atoms with E-state index in [0.717, 1.165) is 24.8 Å². The van der Waals surface area contributed by atoms with E-state index < -0.39 is 0 Å². The Balaban J connectivity index is 2.32. The van der Waals surface area contributed by atoms with Gasteiger partial charge in [-0.05, 0) is 43.4 Å². The molecule has 16 heavy (non-hydrogen) atoms. The molecule has 0 saturated heterocycles. The maximum atomic E-state index is 13.0. The second-order valence-electron chi connectivity index (χ2n) is 3.86. The summed E-state index contributed by atoms with van der Waals surface area (Å²) in [7, 11) is 0. The molecular weight excluding hydrogens is 207 g/mol. The molecule has 0 aliphatic carbocycles. The van der Waals surface area contributed by atoms with Crippen molar-refractivity contribution in [2.75, 3.05) is 0 Å². The maximum Gasteiger partial charge on any atom is 0.233 e. The first kappa shape index (κ1) is 12.6. The third-order valence-electron chi connectivity index (χ3n) is 2.50. The number of aryl methyl sites for hydroxylation is 2. The predicted molar refractivity (Wildman–Crippen MR) is 61.0 cm³/mol. The summed E-state index contributed by atoms with van der Waals surface area (Å²) >= 11 is 0. The summed E-state index contributed by atoms with van der Waals surface area (Å²) < 4.78 is 13.0. The number of unbranched alkanes of at least 4 members (excludes halogenated alkanes) is 1. The van der Waals surface area contributed by atoms with Gasteiger partial charge in [0, 0.05) is 6.42 Å². The number of rotatable bonds is 5. The van der Waals surface area contributed by atoms with E-state index in [4.69, 9.17) is 5.84 Å². The molecule has 0 radical (unpaired) electrons. The lowest BCUT2D eigenvalue weighted by Crippen LogP contribution is -2.29. The zero-order valence-corrected chi connectivity index (χ0v) is 9.42. The Hall–Kier alpha value is -1.42. The summed E-state index contributed by atoms with van der Waals surface area (Å²) in [5.74, 6) is 4.64. The SMILES string of the molecule is Cc1cc(CCCCC(=O)NN)ccc1F. The molecule has 0 aliphatic heterocycles. The van der Waals surface area contributed by atoms with Gasteiger partial charge in [-0.25, -0.2) is 10.2 Å². The van der Waals surface area contributed by atoms with E-state index in [9.17, 15) is 9.18 Å². The Morgan fingerprint density at radius 1 is 1.44 bits per heavy atom. The van der Waals surface area contributed by atoms with E-state index in [0.29, 0.717) is 12.0 Å². The van der Waals surface area contributed by atoms with Gasteiger partial charge in [-0.2, -0.15) is 0 Å². The molecule has 0 fully saturated rings. The molecular formula is C12H17FN2O. The fourth-order valence-electron chi connectivity index (χ4n) is 1.55. The average Bonchev–Trinajstić information content (AvgIpc) is 2.28. The molecule has 0 aromatic heterocycles. The third kappa shape index (κ3) is 3.98. The van der Waals surface area contributed by atoms with E-state index in [-0.39, 0.29) is 11.7 Å². The number of hydrazine groups is 1. The molecule has 1 aromatic carbocycles. The highest BCUT2D eigenvalue weighted by Crippen LogP contribution is 2.12. The van der Waals surface area contributed by atoms with Gasteiger partial charge in [0.2, 0.25) is 5.91 Å². The normalized spacial score (nSPS) is 10.2. The number of hydrogen-bond acceptors (Lipinski definition) is 2. The average molecular weight is 224 g/mol. The quantitative estimate of drug-likeness (QED) is 0.347. The minimum absolute atomic E-state index is 0.143. The van der Waals surface area contributed by atoms with E-state index in [2.05, 4.69) is 5.43 Å². The van der Waals surface area contributed by atoms with Crippen molar-refractivity contribution in [3.05, 3.63) is 35.1 Å². The van der Waals surface area contributed by atoms with E-state index in [1.165, 1.54) is 6.07 Å². The Morgan fingerprint density at radius 3 is 2.81 bits per heavy atom. The highest BCUT2D eigenvalue weighted by Gasteiger charge is 2.01. The Kier molecular flexibility index (Phi) is 4.92. The molecule has 4 heteroatoms. The van der Waals surface area contributed by atoms with Crippen molar-refractivity contribution < 1.29 is 9.18 Å². The van der Waals surface area contributed by atoms with Crippen LogP contribution in [-0.4, -0.2) is 5.91 Å². The van der Waals surface area contributed by atoms with Gasteiger partial charge in [-0.3, -0.25) is 10.2 Å². The van der Waals surface area contributed by atoms with Crippen LogP contribution in [0.1, 0.15) is 30.4 Å². The summed E-state index contributed by atoms with van der Waals surface area (Å²) in [4.78, 5) is 10.8. The number of hydrogen-bond donors (Lipinski definition) is 2. The molecule has 0 unspecified atom stereocenters. The second kappa shape index (κ2) is 6.23. The van der Waals surface area contributed by atoms with Crippen molar-refractivity contribution >= 4 is 5.91 Å². The third-order valence-corrected chi connectivity index (χ3v) is 2.50. The number of carbonyl (C=O) groups excluding carboxylic acids is 1. The number of amides is 1. The molecule has 3 nitrogen and oxygen atoms in total. The van der Waals surface area contributed by atoms with Gasteiger partial charge in [0.25, 0.3) is 0 Å². The van der Waals surface area contributed by atoms with Gasteiger partial charge < -0.3 is 0 Å². The van der Waals surface area contributed by atoms with Gasteiger partial charge >= 0.3 is 0 Å². The fraction of sp³-hybridized carbons (Fsp3) is 0.417. The summed E-state index contributed by atoms with van der Waals surface area (Å²) in [6.45, 7) is 1.75. The van der Waals surface area contributed by atoms with Crippen LogP contribution in [-0.2, 0) is 11.2 Å². The predicted octanol–water partition coefficient (Wildman–Crippen LogP) is 1.84. The van der Waals surface area contributed by atoms with E-state index >= 15 is 0 Å². The zero-order chi connectivity index (χ0) is 12.0. The van der Waals surface area contributed by atoms with E-state index in [1.807, 2.05) is 6.07 Å². The summed E-state index contributed by atoms with van der Waals surface area (Å²) in [6.07, 6.45) is 2.99. The second-order valence-corrected chi connectivity index (χ2v) is 3.86. The van der Waals surface area contributed by atoms with Crippen molar-refractivity contribution in [2.24, 2.45) is 5.84 Å². The van der Waals surface area contributed by atoms with Crippen LogP contribution in [0, 0.1) is 12.7 Å². The summed E-state index contributed by atoms with van der Waals surface area (Å²) in [5.41, 5.74) is 3.86. The lowest BCUT2D eigenvalue weighted by atomic mass is 10.0. The lowest BCUT2D eigenvalue weighted by molar-refractivity contribution is -0.121. The molecule has 1 aromatic rings. The number of carbonyl (C=O) groups is 1. The highest BCUT2D eigenvalue weighted by molar-refractivity contribution is 5.75. The molecule has 0 aliphatic rings. The first-order chi connectivity index (χ1) is 7.63. The standard InChI is InChI=1S/C12H17FN2O/c1-9-8-10(6-7-11(9)13)4-2-3-5-12(16)15-14/h6-8H,2-5,14H2,1H3,(H,15,16). The van der Waals surface area contributed by atoms with Crippen LogP contribution < -0.4 is 11.3 Å². The number of halogens is 1. The Morgan fingerprint density at radius 2 is 2.19 bits per heavy atom. The minimum atomic E-state index is -0.175. The molecule has 0 heterocycles. The summed E-state index contributed by atoms with van der Waals surface area (Å²) in [5, 5.41) is 0. The molecule has 0 saturated carbocycles. The molecule has 1 amide bonds. The summed E-state index contributed by atoms with van der Waals surface area (Å²) in [6, 6.07) is 5.11. The number of benzene rings is 1. The Labute approximate surface area is 94.8 Å². The van der Waals surface area contributed by atoms with Crippen molar-refractivity contribution in [1.29, 1.82) is 0 Å². The van der Waals surface area contributed by atoms with Crippen molar-refractivity contribution in [1.82, 2.24) is 5.43 Å². The van der Waals surface area contributed by atoms with Crippen LogP contribution in [0.3, 0.4) is 0 Å². The molecule has 3 N–H and O–H groups in total. The molecule has 88 valence electrons. The first-order valence-electron chi connectivity index (χ1n) is 5.38. The monoisotopic (exact) mass is 224 g/mol. The number of nitrogens with one attached hydrogen (secondary N) is 1. The van der Waals surface area contributed by atoms with Gasteiger partial charge in [0.1, 0.15) is 5.82 Å². The maximum absolute atomic E-state index is 13.0. The van der Waals surface area contributed by atoms with Crippen molar-refractivity contribution in [3.8, 4) is 0 Å². The van der Waals surface area contributed by atoms with Crippen LogP contribution in [0.4, 0.5) is 4.39 Å². The first-order valence-corrected chi connectivity index (χ1v) is 5.38. The smallest absolute Gasteiger partial charge is 0.233 e. The lowest BCUT2D eigenvalue weighted by Gasteiger charge is -2.03. The zero-order valence-electron chi connectivity index (χ0n) is 9.42. The minimum Gasteiger partial charge on any atom is -0.294 e. The number of nitrogens with two attached hydrogens (primary N) is 1. The molecule has 0 atom stereocenters. The van der Waals surface area contributed by atoms with Gasteiger partial charge in [-0.1, -0.05) is 12.1 Å². The van der Waals surface area contributed by atoms with Crippen LogP contribution >= 0.6 is 0 Å². The van der Waals surface area contributed by atoms with Crippen LogP contribution in [0.15, 0.2) is 18.2 Å². The van der Waals surface area contributed by atoms with Gasteiger partial charge in [0.15, 0.2) is 0 Å². The molecule has 0 spiro atoms. The van der Waals surface area contributed by atoms with Crippen molar-refractivity contribution in [2.45, 2.75) is 32.6 Å². The van der Waals surface area contributed by atoms with Crippen LogP contribution in [0.5, 0.6) is 0 Å². The fourth-order valence-corrected chi connectivity index (χ4v) is 1.55. The van der Waals surface area contributed by atoms with Crippen molar-refractivity contribution in [3.63, 3.8) is 0 Å². The van der Waals surface area contributed by atoms with Crippen LogP contribution in [0.2, 0.25) is 0 Å². The van der Waals surface area contributed by atoms with Crippen LogP contribution in [0.25, 0.3) is 0 Å². The van der Waals surface area contributed by atoms with Gasteiger partial charge in [-0.15, -0.1) is 0 Å². The molecule has 1 rings (SSSR count).